The van der Waals surface area contributed by atoms with Gasteiger partial charge in [0.15, 0.2) is 0 Å². The Morgan fingerprint density at radius 1 is 1.44 bits per heavy atom. The van der Waals surface area contributed by atoms with Gasteiger partial charge in [-0.3, -0.25) is 4.79 Å². The Labute approximate surface area is 145 Å². The first-order valence-corrected chi connectivity index (χ1v) is 8.48. The van der Waals surface area contributed by atoms with Crippen LogP contribution in [-0.2, 0) is 11.0 Å². The van der Waals surface area contributed by atoms with Crippen molar-refractivity contribution in [2.24, 2.45) is 11.8 Å². The highest BCUT2D eigenvalue weighted by Crippen LogP contribution is 2.27. The molecule has 0 aliphatic carbocycles. The van der Waals surface area contributed by atoms with Crippen molar-refractivity contribution in [1.82, 2.24) is 20.6 Å². The van der Waals surface area contributed by atoms with Gasteiger partial charge in [-0.1, -0.05) is 6.92 Å². The number of rotatable bonds is 7. The number of aromatic nitrogens is 2. The van der Waals surface area contributed by atoms with Gasteiger partial charge in [-0.2, -0.15) is 13.2 Å². The number of carbonyl (C=O) groups excluding carboxylic acids is 1. The van der Waals surface area contributed by atoms with Gasteiger partial charge in [0.2, 0.25) is 11.9 Å². The minimum Gasteiger partial charge on any atom is -0.354 e. The zero-order valence-corrected chi connectivity index (χ0v) is 14.2. The van der Waals surface area contributed by atoms with Crippen molar-refractivity contribution in [1.29, 1.82) is 0 Å². The van der Waals surface area contributed by atoms with E-state index in [1.165, 1.54) is 0 Å². The van der Waals surface area contributed by atoms with Gasteiger partial charge in [0.25, 0.3) is 0 Å². The summed E-state index contributed by atoms with van der Waals surface area (Å²) in [7, 11) is 0. The van der Waals surface area contributed by atoms with E-state index >= 15 is 0 Å². The fraction of sp³-hybridized carbons (Fsp3) is 0.688. The number of nitrogens with one attached hydrogen (secondary N) is 3. The second-order valence-corrected chi connectivity index (χ2v) is 6.33. The van der Waals surface area contributed by atoms with Crippen molar-refractivity contribution in [3.05, 3.63) is 18.0 Å². The fourth-order valence-corrected chi connectivity index (χ4v) is 2.87. The first-order chi connectivity index (χ1) is 11.9. The molecule has 0 aromatic carbocycles. The molecule has 1 amide bonds. The normalized spacial score (nSPS) is 19.3. The van der Waals surface area contributed by atoms with E-state index in [9.17, 15) is 18.0 Å². The van der Waals surface area contributed by atoms with E-state index in [1.54, 1.807) is 0 Å². The van der Waals surface area contributed by atoms with Crippen molar-refractivity contribution in [2.45, 2.75) is 32.4 Å². The molecule has 140 valence electrons. The Bertz CT molecular complexity index is 561. The summed E-state index contributed by atoms with van der Waals surface area (Å²) >= 11 is 0. The molecule has 0 saturated carbocycles. The first-order valence-electron chi connectivity index (χ1n) is 8.48. The van der Waals surface area contributed by atoms with Crippen LogP contribution >= 0.6 is 0 Å². The van der Waals surface area contributed by atoms with Crippen LogP contribution in [0.3, 0.4) is 0 Å². The number of alkyl halides is 3. The van der Waals surface area contributed by atoms with Crippen LogP contribution in [0.1, 0.15) is 31.9 Å². The Kier molecular flexibility index (Phi) is 6.98. The zero-order valence-electron chi connectivity index (χ0n) is 14.2. The van der Waals surface area contributed by atoms with E-state index in [2.05, 4.69) is 32.8 Å². The van der Waals surface area contributed by atoms with Crippen LogP contribution < -0.4 is 16.0 Å². The molecule has 1 aliphatic rings. The van der Waals surface area contributed by atoms with Crippen molar-refractivity contribution >= 4 is 11.9 Å². The average Bonchev–Trinajstić information content (AvgIpc) is 2.59. The summed E-state index contributed by atoms with van der Waals surface area (Å²) in [5, 5.41) is 8.79. The largest absolute Gasteiger partial charge is 0.433 e. The SMILES string of the molecule is CC(CC(=O)NCCNc1nccc(C(F)(F)F)n1)C1CCCNC1. The van der Waals surface area contributed by atoms with E-state index in [0.717, 1.165) is 38.2 Å². The summed E-state index contributed by atoms with van der Waals surface area (Å²) in [6, 6.07) is 0.814. The van der Waals surface area contributed by atoms with Crippen LogP contribution in [-0.4, -0.2) is 42.1 Å². The molecule has 0 spiro atoms. The first kappa shape index (κ1) is 19.4. The second-order valence-electron chi connectivity index (χ2n) is 6.33. The van der Waals surface area contributed by atoms with Crippen molar-refractivity contribution in [2.75, 3.05) is 31.5 Å². The molecule has 1 saturated heterocycles. The van der Waals surface area contributed by atoms with Gasteiger partial charge in [-0.25, -0.2) is 9.97 Å². The monoisotopic (exact) mass is 359 g/mol. The van der Waals surface area contributed by atoms with Crippen molar-refractivity contribution < 1.29 is 18.0 Å². The summed E-state index contributed by atoms with van der Waals surface area (Å²) in [5.41, 5.74) is -0.996. The van der Waals surface area contributed by atoms with Crippen molar-refractivity contribution in [3.8, 4) is 0 Å². The van der Waals surface area contributed by atoms with E-state index < -0.39 is 11.9 Å². The molecule has 9 heteroatoms. The molecule has 2 rings (SSSR count). The third-order valence-corrected chi connectivity index (χ3v) is 4.32. The molecule has 2 unspecified atom stereocenters. The fourth-order valence-electron chi connectivity index (χ4n) is 2.87. The number of anilines is 1. The number of amides is 1. The van der Waals surface area contributed by atoms with Crippen LogP contribution in [0, 0.1) is 11.8 Å². The number of hydrogen-bond acceptors (Lipinski definition) is 5. The van der Waals surface area contributed by atoms with Gasteiger partial charge >= 0.3 is 6.18 Å². The molecular formula is C16H24F3N5O. The van der Waals surface area contributed by atoms with Crippen molar-refractivity contribution in [3.63, 3.8) is 0 Å². The molecule has 2 atom stereocenters. The molecule has 25 heavy (non-hydrogen) atoms. The minimum atomic E-state index is -4.50. The predicted octanol–water partition coefficient (Wildman–Crippen LogP) is 2.05. The molecule has 1 aliphatic heterocycles. The summed E-state index contributed by atoms with van der Waals surface area (Å²) in [6.07, 6.45) is -0.728. The maximum atomic E-state index is 12.6. The molecule has 1 fully saturated rings. The standard InChI is InChI=1S/C16H24F3N5O/c1-11(12-3-2-5-20-10-12)9-14(25)21-7-8-23-15-22-6-4-13(24-15)16(17,18)19/h4,6,11-12,20H,2-3,5,7-10H2,1H3,(H,21,25)(H,22,23,24). The van der Waals surface area contributed by atoms with Crippen LogP contribution in [0.15, 0.2) is 12.3 Å². The number of halogens is 3. The third-order valence-electron chi connectivity index (χ3n) is 4.32. The summed E-state index contributed by atoms with van der Waals surface area (Å²) in [6.45, 7) is 4.62. The lowest BCUT2D eigenvalue weighted by atomic mass is 9.85. The molecule has 6 nitrogen and oxygen atoms in total. The number of piperidine rings is 1. The Balaban J connectivity index is 1.67. The highest BCUT2D eigenvalue weighted by molar-refractivity contribution is 5.76. The number of carbonyl (C=O) groups is 1. The lowest BCUT2D eigenvalue weighted by Gasteiger charge is -2.28. The number of hydrogen-bond donors (Lipinski definition) is 3. The maximum Gasteiger partial charge on any atom is 0.433 e. The van der Waals surface area contributed by atoms with Crippen LogP contribution in [0.4, 0.5) is 19.1 Å². The zero-order chi connectivity index (χ0) is 18.3. The van der Waals surface area contributed by atoms with Gasteiger partial charge in [-0.15, -0.1) is 0 Å². The van der Waals surface area contributed by atoms with Crippen LogP contribution in [0.5, 0.6) is 0 Å². The quantitative estimate of drug-likeness (QED) is 0.650. The molecule has 1 aromatic rings. The Morgan fingerprint density at radius 2 is 2.24 bits per heavy atom. The summed E-state index contributed by atoms with van der Waals surface area (Å²) in [5.74, 6) is 0.652. The van der Waals surface area contributed by atoms with E-state index in [4.69, 9.17) is 0 Å². The molecular weight excluding hydrogens is 335 g/mol. The lowest BCUT2D eigenvalue weighted by Crippen LogP contribution is -2.36. The highest BCUT2D eigenvalue weighted by Gasteiger charge is 2.32. The smallest absolute Gasteiger partial charge is 0.354 e. The van der Waals surface area contributed by atoms with Gasteiger partial charge in [0.1, 0.15) is 5.69 Å². The van der Waals surface area contributed by atoms with E-state index in [-0.39, 0.29) is 18.4 Å². The van der Waals surface area contributed by atoms with Crippen LogP contribution in [0.25, 0.3) is 0 Å². The highest BCUT2D eigenvalue weighted by atomic mass is 19.4. The molecule has 2 heterocycles. The Hall–Kier alpha value is -1.90. The topological polar surface area (TPSA) is 78.9 Å². The second kappa shape index (κ2) is 8.98. The van der Waals surface area contributed by atoms with Gasteiger partial charge in [-0.05, 0) is 43.8 Å². The van der Waals surface area contributed by atoms with Gasteiger partial charge < -0.3 is 16.0 Å². The Morgan fingerprint density at radius 3 is 2.92 bits per heavy atom. The van der Waals surface area contributed by atoms with E-state index in [1.807, 2.05) is 0 Å². The van der Waals surface area contributed by atoms with Gasteiger partial charge in [0.05, 0.1) is 0 Å². The van der Waals surface area contributed by atoms with Crippen LogP contribution in [0.2, 0.25) is 0 Å². The average molecular weight is 359 g/mol. The molecule has 0 bridgehead atoms. The molecule has 0 radical (unpaired) electrons. The summed E-state index contributed by atoms with van der Waals surface area (Å²) < 4.78 is 37.7. The van der Waals surface area contributed by atoms with E-state index in [0.29, 0.717) is 24.8 Å². The third kappa shape index (κ3) is 6.49. The minimum absolute atomic E-state index is 0.0511. The number of nitrogens with zero attached hydrogens (tertiary/aromatic N) is 2. The molecule has 3 N–H and O–H groups in total. The molecule has 1 aromatic heterocycles. The predicted molar refractivity (Wildman–Crippen MR) is 87.9 cm³/mol. The van der Waals surface area contributed by atoms with Gasteiger partial charge in [0, 0.05) is 25.7 Å². The maximum absolute atomic E-state index is 12.6. The summed E-state index contributed by atoms with van der Waals surface area (Å²) in [4.78, 5) is 19.1. The lowest BCUT2D eigenvalue weighted by molar-refractivity contribution is -0.141.